The molecule has 0 heterocycles. The minimum Gasteiger partial charge on any atom is -0.550 e. The predicted molar refractivity (Wildman–Crippen MR) is 42.6 cm³/mol. The van der Waals surface area contributed by atoms with Crippen molar-refractivity contribution in [1.82, 2.24) is 0 Å². The smallest absolute Gasteiger partial charge is 0.550 e. The Morgan fingerprint density at radius 1 is 0.640 bits per heavy atom. The van der Waals surface area contributed by atoms with Crippen molar-refractivity contribution in [3.8, 4) is 0 Å². The molecule has 15 heteroatoms. The molecule has 0 aromatic carbocycles. The molecule has 1 aliphatic rings. The van der Waals surface area contributed by atoms with E-state index in [1.807, 2.05) is 0 Å². The van der Waals surface area contributed by atoms with E-state index < -0.39 is 59.4 Å². The maximum atomic E-state index is 11.0. The van der Waals surface area contributed by atoms with Crippen LogP contribution in [0.2, 0.25) is 0 Å². The fourth-order valence-corrected chi connectivity index (χ4v) is 2.52. The molecule has 0 amide bonds. The normalized spacial score (nSPS) is 22.2. The summed E-state index contributed by atoms with van der Waals surface area (Å²) in [6.45, 7) is 0. The fraction of sp³-hybridized carbons (Fsp3) is 0.500. The van der Waals surface area contributed by atoms with Gasteiger partial charge >= 0.3 is 257 Å². The van der Waals surface area contributed by atoms with Crippen molar-refractivity contribution in [2.24, 2.45) is 23.2 Å². The summed E-state index contributed by atoms with van der Waals surface area (Å²) in [5.74, 6) is -19.1. The second-order valence-corrected chi connectivity index (χ2v) is 4.32. The zero-order valence-corrected chi connectivity index (χ0v) is 30.1. The summed E-state index contributed by atoms with van der Waals surface area (Å²) in [6, 6.07) is 0. The van der Waals surface area contributed by atoms with Gasteiger partial charge in [0.25, 0.3) is 0 Å². The molecule has 0 aromatic rings. The van der Waals surface area contributed by atoms with E-state index >= 15 is 0 Å². The molecule has 0 spiro atoms. The van der Waals surface area contributed by atoms with Gasteiger partial charge < -0.3 is 49.5 Å². The number of rotatable bonds is 5. The number of aliphatic carboxylic acids is 5. The van der Waals surface area contributed by atoms with Gasteiger partial charge in [-0.3, -0.25) is 0 Å². The largest absolute Gasteiger partial charge is 1.00 e. The molecule has 0 bridgehead atoms. The Balaban J connectivity index is -0.000000267. The van der Waals surface area contributed by atoms with Crippen molar-refractivity contribution in [2.45, 2.75) is 6.42 Å². The minimum absolute atomic E-state index is 0. The summed E-state index contributed by atoms with van der Waals surface area (Å²) in [4.78, 5) is 54.5. The monoisotopic (exact) mass is 480 g/mol. The van der Waals surface area contributed by atoms with Crippen molar-refractivity contribution in [3.63, 3.8) is 0 Å². The maximum Gasteiger partial charge on any atom is 1.00 e. The number of carboxylic acid groups (broad SMARTS) is 5. The standard InChI is InChI=1S/C10H10O10.5K/c11-5(12)2-1-10(8(17)18,9(19)20)4(7(15)16)3(2)6(13)14;;;;;/h2-4H,1H2,(H,11,12)(H,13,14)(H,15,16)(H,17,18)(H,19,20);;;;;/q;5*+1/p-5. The summed E-state index contributed by atoms with van der Waals surface area (Å²) >= 11 is 0. The third-order valence-corrected chi connectivity index (χ3v) is 3.42. The number of carbonyl (C=O) groups is 5. The Bertz CT molecular complexity index is 510. The van der Waals surface area contributed by atoms with Crippen molar-refractivity contribution >= 4 is 29.8 Å². The number of hydrogen-bond acceptors (Lipinski definition) is 10. The first kappa shape index (κ1) is 40.8. The Morgan fingerprint density at radius 2 is 1.00 bits per heavy atom. The van der Waals surface area contributed by atoms with Gasteiger partial charge in [0.15, 0.2) is 0 Å². The summed E-state index contributed by atoms with van der Waals surface area (Å²) in [5.41, 5.74) is -3.35. The van der Waals surface area contributed by atoms with Crippen LogP contribution in [0.4, 0.5) is 0 Å². The van der Waals surface area contributed by atoms with Gasteiger partial charge in [0.2, 0.25) is 0 Å². The van der Waals surface area contributed by atoms with Gasteiger partial charge in [-0.1, -0.05) is 0 Å². The Morgan fingerprint density at radius 3 is 1.20 bits per heavy atom. The van der Waals surface area contributed by atoms with Crippen LogP contribution in [0.1, 0.15) is 6.42 Å². The molecule has 3 atom stereocenters. The number of carbonyl (C=O) groups excluding carboxylic acids is 5. The maximum absolute atomic E-state index is 11.0. The van der Waals surface area contributed by atoms with Crippen LogP contribution in [0.5, 0.6) is 0 Å². The molecule has 110 valence electrons. The van der Waals surface area contributed by atoms with Crippen LogP contribution in [-0.4, -0.2) is 29.8 Å². The molecule has 0 N–H and O–H groups in total. The second-order valence-electron chi connectivity index (χ2n) is 4.32. The van der Waals surface area contributed by atoms with E-state index in [1.165, 1.54) is 0 Å². The molecular formula is C10H5K5O10. The van der Waals surface area contributed by atoms with Crippen LogP contribution in [-0.2, 0) is 24.0 Å². The molecule has 1 saturated carbocycles. The first-order chi connectivity index (χ1) is 9.07. The van der Waals surface area contributed by atoms with Gasteiger partial charge in [0.1, 0.15) is 0 Å². The van der Waals surface area contributed by atoms with Gasteiger partial charge in [-0.25, -0.2) is 0 Å². The van der Waals surface area contributed by atoms with Crippen molar-refractivity contribution in [2.75, 3.05) is 0 Å². The first-order valence-corrected chi connectivity index (χ1v) is 5.12. The number of hydrogen-bond donors (Lipinski definition) is 0. The Hall–Kier alpha value is 5.53. The van der Waals surface area contributed by atoms with Crippen molar-refractivity contribution < 1.29 is 306 Å². The van der Waals surface area contributed by atoms with Gasteiger partial charge in [-0.2, -0.15) is 0 Å². The molecule has 1 aliphatic carbocycles. The molecule has 0 radical (unpaired) electrons. The molecule has 3 unspecified atom stereocenters. The number of carboxylic acids is 5. The van der Waals surface area contributed by atoms with Gasteiger partial charge in [0.05, 0.1) is 17.4 Å². The van der Waals surface area contributed by atoms with Crippen LogP contribution in [0.3, 0.4) is 0 Å². The first-order valence-electron chi connectivity index (χ1n) is 5.12. The molecule has 25 heavy (non-hydrogen) atoms. The van der Waals surface area contributed by atoms with Crippen molar-refractivity contribution in [3.05, 3.63) is 0 Å². The summed E-state index contributed by atoms with van der Waals surface area (Å²) in [5, 5.41) is 54.5. The zero-order chi connectivity index (χ0) is 15.8. The van der Waals surface area contributed by atoms with Crippen LogP contribution in [0.15, 0.2) is 0 Å². The second kappa shape index (κ2) is 18.0. The van der Waals surface area contributed by atoms with E-state index in [9.17, 15) is 49.5 Å². The molecule has 0 saturated heterocycles. The average Bonchev–Trinajstić information content (AvgIpc) is 2.65. The molecule has 0 aromatic heterocycles. The van der Waals surface area contributed by atoms with E-state index in [0.29, 0.717) is 0 Å². The van der Waals surface area contributed by atoms with Crippen LogP contribution in [0.25, 0.3) is 0 Å². The molecule has 0 aliphatic heterocycles. The predicted octanol–water partition coefficient (Wildman–Crippen LogP) is -23.0. The summed E-state index contributed by atoms with van der Waals surface area (Å²) in [6.07, 6.45) is -1.38. The average molecular weight is 481 g/mol. The van der Waals surface area contributed by atoms with E-state index in [0.717, 1.165) is 0 Å². The van der Waals surface area contributed by atoms with Gasteiger partial charge in [-0.05, 0) is 6.42 Å². The van der Waals surface area contributed by atoms with E-state index in [2.05, 4.69) is 0 Å². The fourth-order valence-electron chi connectivity index (χ4n) is 2.52. The van der Waals surface area contributed by atoms with Crippen LogP contribution in [0, 0.1) is 23.2 Å². The topological polar surface area (TPSA) is 201 Å². The van der Waals surface area contributed by atoms with E-state index in [-0.39, 0.29) is 257 Å². The summed E-state index contributed by atoms with van der Waals surface area (Å²) < 4.78 is 0. The third-order valence-electron chi connectivity index (χ3n) is 3.42. The SMILES string of the molecule is O=C([O-])C1CC(C(=O)[O-])(C(=O)[O-])C(C(=O)[O-])C1C(=O)[O-].[K+].[K+].[K+].[K+].[K+]. The van der Waals surface area contributed by atoms with E-state index in [1.54, 1.807) is 0 Å². The molecule has 1 fully saturated rings. The molecule has 10 nitrogen and oxygen atoms in total. The van der Waals surface area contributed by atoms with E-state index in [4.69, 9.17) is 0 Å². The third kappa shape index (κ3) is 9.50. The van der Waals surface area contributed by atoms with Gasteiger partial charge in [0, 0.05) is 35.7 Å². The van der Waals surface area contributed by atoms with Gasteiger partial charge in [-0.15, -0.1) is 0 Å². The molecule has 1 rings (SSSR count). The van der Waals surface area contributed by atoms with Crippen molar-refractivity contribution in [1.29, 1.82) is 0 Å². The Labute approximate surface area is 354 Å². The summed E-state index contributed by atoms with van der Waals surface area (Å²) in [7, 11) is 0. The zero-order valence-electron chi connectivity index (χ0n) is 14.5. The molecular weight excluding hydrogens is 476 g/mol. The van der Waals surface area contributed by atoms with Crippen LogP contribution < -0.4 is 282 Å². The van der Waals surface area contributed by atoms with Crippen LogP contribution >= 0.6 is 0 Å². The Kier molecular flexibility index (Phi) is 29.4. The minimum atomic E-state index is -3.35. The quantitative estimate of drug-likeness (QED) is 0.268.